The Labute approximate surface area is 97.6 Å². The Kier molecular flexibility index (Phi) is 4.22. The van der Waals surface area contributed by atoms with E-state index in [0.717, 1.165) is 32.2 Å². The first-order chi connectivity index (χ1) is 7.81. The summed E-state index contributed by atoms with van der Waals surface area (Å²) in [6.07, 6.45) is 8.05. The van der Waals surface area contributed by atoms with Gasteiger partial charge in [-0.05, 0) is 37.5 Å². The Morgan fingerprint density at radius 1 is 1.06 bits per heavy atom. The Balaban J connectivity index is 1.71. The topological polar surface area (TPSA) is 49.3 Å². The molecule has 2 rings (SSSR count). The molecule has 0 spiro atoms. The van der Waals surface area contributed by atoms with E-state index in [-0.39, 0.29) is 18.4 Å². The molecular formula is C13H23NO2. The summed E-state index contributed by atoms with van der Waals surface area (Å²) >= 11 is 0. The van der Waals surface area contributed by atoms with Crippen LogP contribution in [0, 0.1) is 17.8 Å². The van der Waals surface area contributed by atoms with Crippen LogP contribution in [0.1, 0.15) is 44.9 Å². The molecule has 2 atom stereocenters. The van der Waals surface area contributed by atoms with Gasteiger partial charge in [-0.3, -0.25) is 4.79 Å². The van der Waals surface area contributed by atoms with Crippen molar-refractivity contribution in [2.45, 2.75) is 44.9 Å². The predicted octanol–water partition coefficient (Wildman–Crippen LogP) is 1.70. The van der Waals surface area contributed by atoms with E-state index in [0.29, 0.717) is 11.8 Å². The normalized spacial score (nSPS) is 30.8. The molecule has 16 heavy (non-hydrogen) atoms. The van der Waals surface area contributed by atoms with Crippen molar-refractivity contribution in [2.75, 3.05) is 13.2 Å². The zero-order chi connectivity index (χ0) is 11.4. The first-order valence-electron chi connectivity index (χ1n) is 6.70. The number of aliphatic hydroxyl groups excluding tert-OH is 1. The molecule has 0 saturated heterocycles. The van der Waals surface area contributed by atoms with Crippen molar-refractivity contribution in [1.29, 1.82) is 0 Å². The Hall–Kier alpha value is -0.570. The second kappa shape index (κ2) is 5.67. The number of hydrogen-bond donors (Lipinski definition) is 2. The van der Waals surface area contributed by atoms with Crippen LogP contribution in [-0.2, 0) is 4.79 Å². The molecule has 2 aliphatic rings. The van der Waals surface area contributed by atoms with Gasteiger partial charge in [0.1, 0.15) is 0 Å². The van der Waals surface area contributed by atoms with E-state index >= 15 is 0 Å². The lowest BCUT2D eigenvalue weighted by atomic mass is 9.96. The molecule has 2 fully saturated rings. The van der Waals surface area contributed by atoms with Gasteiger partial charge in [0.05, 0.1) is 0 Å². The summed E-state index contributed by atoms with van der Waals surface area (Å²) in [5.74, 6) is 1.45. The summed E-state index contributed by atoms with van der Waals surface area (Å²) < 4.78 is 0. The lowest BCUT2D eigenvalue weighted by molar-refractivity contribution is -0.125. The molecule has 0 heterocycles. The Morgan fingerprint density at radius 2 is 1.75 bits per heavy atom. The third kappa shape index (κ3) is 2.76. The fraction of sp³-hybridized carbons (Fsp3) is 0.923. The van der Waals surface area contributed by atoms with E-state index in [9.17, 15) is 9.90 Å². The van der Waals surface area contributed by atoms with Crippen molar-refractivity contribution in [3.05, 3.63) is 0 Å². The number of amides is 1. The second-order valence-corrected chi connectivity index (χ2v) is 5.36. The van der Waals surface area contributed by atoms with Gasteiger partial charge in [-0.1, -0.05) is 19.3 Å². The van der Waals surface area contributed by atoms with Crippen LogP contribution in [0.25, 0.3) is 0 Å². The largest absolute Gasteiger partial charge is 0.396 e. The quantitative estimate of drug-likeness (QED) is 0.765. The summed E-state index contributed by atoms with van der Waals surface area (Å²) in [7, 11) is 0. The molecule has 2 unspecified atom stereocenters. The number of hydrogen-bond acceptors (Lipinski definition) is 2. The van der Waals surface area contributed by atoms with E-state index in [1.165, 1.54) is 19.3 Å². The van der Waals surface area contributed by atoms with Crippen LogP contribution in [0.4, 0.5) is 0 Å². The molecule has 0 aromatic rings. The van der Waals surface area contributed by atoms with Crippen LogP contribution >= 0.6 is 0 Å². The fourth-order valence-electron chi connectivity index (χ4n) is 3.19. The number of carbonyl (C=O) groups excluding carboxylic acids is 1. The molecule has 0 aromatic carbocycles. The van der Waals surface area contributed by atoms with E-state index in [2.05, 4.69) is 5.32 Å². The van der Waals surface area contributed by atoms with Gasteiger partial charge in [0.15, 0.2) is 0 Å². The number of aliphatic hydroxyl groups is 1. The van der Waals surface area contributed by atoms with E-state index in [1.54, 1.807) is 0 Å². The summed E-state index contributed by atoms with van der Waals surface area (Å²) in [5.41, 5.74) is 0. The Morgan fingerprint density at radius 3 is 2.44 bits per heavy atom. The SMILES string of the molecule is O=C(NCC1CCCC1CO)C1CCCC1. The van der Waals surface area contributed by atoms with Crippen LogP contribution in [-0.4, -0.2) is 24.2 Å². The monoisotopic (exact) mass is 225 g/mol. The number of rotatable bonds is 4. The lowest BCUT2D eigenvalue weighted by Gasteiger charge is -2.19. The maximum Gasteiger partial charge on any atom is 0.223 e. The van der Waals surface area contributed by atoms with Crippen molar-refractivity contribution < 1.29 is 9.90 Å². The average molecular weight is 225 g/mol. The summed E-state index contributed by atoms with van der Waals surface area (Å²) in [5, 5.41) is 12.3. The van der Waals surface area contributed by atoms with Crippen LogP contribution in [0.3, 0.4) is 0 Å². The van der Waals surface area contributed by atoms with E-state index in [4.69, 9.17) is 0 Å². The number of carbonyl (C=O) groups is 1. The van der Waals surface area contributed by atoms with Crippen LogP contribution in [0.5, 0.6) is 0 Å². The third-order valence-corrected chi connectivity index (χ3v) is 4.32. The molecule has 0 aromatic heterocycles. The first-order valence-corrected chi connectivity index (χ1v) is 6.70. The summed E-state index contributed by atoms with van der Waals surface area (Å²) in [6, 6.07) is 0. The minimum atomic E-state index is 0.251. The minimum absolute atomic E-state index is 0.251. The van der Waals surface area contributed by atoms with Gasteiger partial charge < -0.3 is 10.4 Å². The van der Waals surface area contributed by atoms with Gasteiger partial charge in [-0.2, -0.15) is 0 Å². The zero-order valence-corrected chi connectivity index (χ0v) is 9.95. The van der Waals surface area contributed by atoms with Crippen molar-refractivity contribution >= 4 is 5.91 Å². The van der Waals surface area contributed by atoms with E-state index in [1.807, 2.05) is 0 Å². The average Bonchev–Trinajstić information content (AvgIpc) is 2.96. The smallest absolute Gasteiger partial charge is 0.223 e. The molecular weight excluding hydrogens is 202 g/mol. The standard InChI is InChI=1S/C13H23NO2/c15-9-12-7-3-6-11(12)8-14-13(16)10-4-1-2-5-10/h10-12,15H,1-9H2,(H,14,16). The Bertz CT molecular complexity index is 236. The second-order valence-electron chi connectivity index (χ2n) is 5.36. The first kappa shape index (κ1) is 11.9. The van der Waals surface area contributed by atoms with Gasteiger partial charge >= 0.3 is 0 Å². The van der Waals surface area contributed by atoms with Gasteiger partial charge in [-0.25, -0.2) is 0 Å². The predicted molar refractivity (Wildman–Crippen MR) is 62.9 cm³/mol. The molecule has 2 N–H and O–H groups in total. The van der Waals surface area contributed by atoms with Crippen LogP contribution < -0.4 is 5.32 Å². The molecule has 3 nitrogen and oxygen atoms in total. The molecule has 2 saturated carbocycles. The molecule has 2 aliphatic carbocycles. The molecule has 0 aliphatic heterocycles. The van der Waals surface area contributed by atoms with Gasteiger partial charge in [0, 0.05) is 19.1 Å². The third-order valence-electron chi connectivity index (χ3n) is 4.32. The van der Waals surface area contributed by atoms with Gasteiger partial charge in [0.25, 0.3) is 0 Å². The van der Waals surface area contributed by atoms with Crippen molar-refractivity contribution in [3.63, 3.8) is 0 Å². The highest BCUT2D eigenvalue weighted by molar-refractivity contribution is 5.78. The molecule has 3 heteroatoms. The summed E-state index contributed by atoms with van der Waals surface area (Å²) in [4.78, 5) is 11.8. The fourth-order valence-corrected chi connectivity index (χ4v) is 3.19. The van der Waals surface area contributed by atoms with Crippen molar-refractivity contribution in [2.24, 2.45) is 17.8 Å². The van der Waals surface area contributed by atoms with Crippen LogP contribution in [0.2, 0.25) is 0 Å². The zero-order valence-electron chi connectivity index (χ0n) is 9.95. The lowest BCUT2D eigenvalue weighted by Crippen LogP contribution is -2.35. The number of nitrogens with one attached hydrogen (secondary N) is 1. The molecule has 92 valence electrons. The van der Waals surface area contributed by atoms with Crippen molar-refractivity contribution in [1.82, 2.24) is 5.32 Å². The molecule has 0 bridgehead atoms. The molecule has 0 radical (unpaired) electrons. The highest BCUT2D eigenvalue weighted by Gasteiger charge is 2.28. The molecule has 1 amide bonds. The minimum Gasteiger partial charge on any atom is -0.396 e. The summed E-state index contributed by atoms with van der Waals surface area (Å²) in [6.45, 7) is 1.06. The van der Waals surface area contributed by atoms with Crippen molar-refractivity contribution in [3.8, 4) is 0 Å². The van der Waals surface area contributed by atoms with Gasteiger partial charge in [0.2, 0.25) is 5.91 Å². The van der Waals surface area contributed by atoms with Crippen LogP contribution in [0.15, 0.2) is 0 Å². The maximum absolute atomic E-state index is 11.8. The highest BCUT2D eigenvalue weighted by atomic mass is 16.3. The maximum atomic E-state index is 11.8. The van der Waals surface area contributed by atoms with E-state index < -0.39 is 0 Å². The highest BCUT2D eigenvalue weighted by Crippen LogP contribution is 2.31. The van der Waals surface area contributed by atoms with Gasteiger partial charge in [-0.15, -0.1) is 0 Å².